The van der Waals surface area contributed by atoms with Crippen LogP contribution in [0.5, 0.6) is 0 Å². The molecule has 0 saturated carbocycles. The van der Waals surface area contributed by atoms with Gasteiger partial charge in [0.2, 0.25) is 0 Å². The molecule has 9 unspecified atom stereocenters. The van der Waals surface area contributed by atoms with Crippen LogP contribution in [0.1, 0.15) is 13.8 Å². The predicted octanol–water partition coefficient (Wildman–Crippen LogP) is 4.71. The molecule has 0 aromatic carbocycles. The molecule has 10 aliphatic rings. The van der Waals surface area contributed by atoms with E-state index >= 15 is 0 Å². The monoisotopic (exact) mass is 240 g/mol. The van der Waals surface area contributed by atoms with Gasteiger partial charge in [-0.05, 0) is 0 Å². The SMILES string of the molecule is C=C[C]12[CH]3[CH]4[C]5(C)[CH]1[Fe]43521678[CH]2[CH]1[CH]6[C]7(C)[CH]28. The molecule has 0 aromatic rings. The van der Waals surface area contributed by atoms with Crippen molar-refractivity contribution in [3.63, 3.8) is 0 Å². The van der Waals surface area contributed by atoms with Crippen LogP contribution in [0.4, 0.5) is 0 Å². The molecule has 0 aromatic heterocycles. The van der Waals surface area contributed by atoms with Crippen LogP contribution in [0.15, 0.2) is 12.7 Å². The fourth-order valence-corrected chi connectivity index (χ4v) is 100. The van der Waals surface area contributed by atoms with Gasteiger partial charge in [0.25, 0.3) is 0 Å². The summed E-state index contributed by atoms with van der Waals surface area (Å²) in [5.41, 5.74) is 0. The van der Waals surface area contributed by atoms with Crippen LogP contribution in [-0.2, 0) is 6.51 Å². The van der Waals surface area contributed by atoms with Crippen molar-refractivity contribution >= 4 is 0 Å². The first-order chi connectivity index (χ1) is 6.88. The molecular weight excluding hydrogens is 224 g/mol. The molecule has 15 heavy (non-hydrogen) atoms. The molecule has 1 heteroatoms. The van der Waals surface area contributed by atoms with Crippen molar-refractivity contribution in [3.05, 3.63) is 12.7 Å². The van der Waals surface area contributed by atoms with Crippen LogP contribution < -0.4 is 0 Å². The number of rotatable bonds is 1. The Kier molecular flexibility index (Phi) is 0.121. The van der Waals surface area contributed by atoms with E-state index in [9.17, 15) is 0 Å². The van der Waals surface area contributed by atoms with E-state index in [1.165, 1.54) is 33.7 Å². The van der Waals surface area contributed by atoms with E-state index < -0.39 is 6.51 Å². The van der Waals surface area contributed by atoms with Crippen molar-refractivity contribution in [1.82, 2.24) is 0 Å². The van der Waals surface area contributed by atoms with Crippen molar-refractivity contribution < 1.29 is 6.51 Å². The quantitative estimate of drug-likeness (QED) is 0.459. The Morgan fingerprint density at radius 1 is 1.00 bits per heavy atom. The van der Waals surface area contributed by atoms with Gasteiger partial charge >= 0.3 is 79.7 Å². The third-order valence-electron chi connectivity index (χ3n) is 16.8. The van der Waals surface area contributed by atoms with Crippen LogP contribution in [-0.4, -0.2) is 0 Å². The van der Waals surface area contributed by atoms with Crippen LogP contribution in [0.3, 0.4) is 0 Å². The topological polar surface area (TPSA) is 0 Å². The molecule has 10 aliphatic heterocycles. The first-order valence-electron chi connectivity index (χ1n) is 6.72. The average molecular weight is 240 g/mol. The zero-order valence-corrected chi connectivity index (χ0v) is 10.3. The summed E-state index contributed by atoms with van der Waals surface area (Å²) in [6.45, 7) is 6.99. The summed E-state index contributed by atoms with van der Waals surface area (Å²) in [5.74, 6) is 0. The van der Waals surface area contributed by atoms with Crippen molar-refractivity contribution in [2.75, 3.05) is 0 Å². The van der Waals surface area contributed by atoms with Gasteiger partial charge in [0.1, 0.15) is 0 Å². The number of allylic oxidation sites excluding steroid dienone is 1. The maximum atomic E-state index is 4.35. The fourth-order valence-electron chi connectivity index (χ4n) is 19.9. The van der Waals surface area contributed by atoms with Gasteiger partial charge < -0.3 is 0 Å². The Hall–Kier alpha value is 0.259. The minimum atomic E-state index is -2.96. The fraction of sp³-hybridized carbons (Fsp3) is 0.857. The summed E-state index contributed by atoms with van der Waals surface area (Å²) in [6, 6.07) is 0. The van der Waals surface area contributed by atoms with Crippen molar-refractivity contribution in [3.8, 4) is 0 Å². The molecule has 10 rings (SSSR count). The Labute approximate surface area is 79.8 Å². The average Bonchev–Trinajstić information content (AvgIpc) is 3.15. The molecule has 0 nitrogen and oxygen atoms in total. The third kappa shape index (κ3) is 0.0365. The molecular formula is C14H16Fe. The number of hydrogen-bond donors (Lipinski definition) is 0. The second-order valence-corrected chi connectivity index (χ2v) is 34.3. The standard InChI is InChI=1S/C8H9.C6H7.Fe/c1-3-8-5-4-7(2)6-8;1-6-4-2-3-5-6;/h3-6H,1H2,2H3;2-5H,1H3;. The van der Waals surface area contributed by atoms with Gasteiger partial charge in [0, 0.05) is 0 Å². The van der Waals surface area contributed by atoms with Crippen molar-refractivity contribution in [2.24, 2.45) is 0 Å². The zero-order valence-electron chi connectivity index (χ0n) is 9.18. The molecule has 10 heterocycles. The Morgan fingerprint density at radius 2 is 1.67 bits per heavy atom. The van der Waals surface area contributed by atoms with Gasteiger partial charge in [-0.2, -0.15) is 0 Å². The summed E-state index contributed by atoms with van der Waals surface area (Å²) in [5, 5.41) is 0. The first-order valence-corrected chi connectivity index (χ1v) is 12.8. The van der Waals surface area contributed by atoms with Crippen molar-refractivity contribution in [2.45, 2.75) is 60.5 Å². The van der Waals surface area contributed by atoms with Crippen LogP contribution in [0, 0.1) is 0 Å². The first kappa shape index (κ1) is 5.27. The van der Waals surface area contributed by atoms with Gasteiger partial charge in [0.05, 0.1) is 0 Å². The van der Waals surface area contributed by atoms with Crippen LogP contribution in [0.2, 0.25) is 46.7 Å². The van der Waals surface area contributed by atoms with E-state index in [1.54, 1.807) is 0 Å². The molecule has 0 bridgehead atoms. The van der Waals surface area contributed by atoms with Gasteiger partial charge in [-0.15, -0.1) is 0 Å². The van der Waals surface area contributed by atoms with Crippen molar-refractivity contribution in [1.29, 1.82) is 0 Å². The van der Waals surface area contributed by atoms with E-state index in [-0.39, 0.29) is 0 Å². The van der Waals surface area contributed by atoms with Crippen LogP contribution in [0.25, 0.3) is 0 Å². The van der Waals surface area contributed by atoms with E-state index in [2.05, 4.69) is 26.5 Å². The molecule has 9 atom stereocenters. The van der Waals surface area contributed by atoms with E-state index in [4.69, 9.17) is 0 Å². The predicted molar refractivity (Wildman–Crippen MR) is 55.9 cm³/mol. The normalized spacial score (nSPS) is 143. The molecule has 0 N–H and O–H groups in total. The Bertz CT molecular complexity index is 1030. The number of fused-ring (bicyclic) bond motifs is 10. The molecule has 1 spiro atoms. The summed E-state index contributed by atoms with van der Waals surface area (Å²) in [7, 11) is 0. The second-order valence-electron chi connectivity index (χ2n) is 10.9. The molecule has 10 fully saturated rings. The minimum absolute atomic E-state index is 0.924. The van der Waals surface area contributed by atoms with Gasteiger partial charge in [-0.1, -0.05) is 0 Å². The zero-order chi connectivity index (χ0) is 9.56. The van der Waals surface area contributed by atoms with Gasteiger partial charge in [0.15, 0.2) is 0 Å². The van der Waals surface area contributed by atoms with Gasteiger partial charge in [-0.3, -0.25) is 0 Å². The summed E-state index contributed by atoms with van der Waals surface area (Å²) in [6.07, 6.45) is 2.58. The number of hydrogen-bond acceptors (Lipinski definition) is 0. The molecule has 0 aliphatic carbocycles. The van der Waals surface area contributed by atoms with Gasteiger partial charge in [-0.25, -0.2) is 0 Å². The molecule has 0 amide bonds. The second kappa shape index (κ2) is 0.345. The molecule has 0 radical (unpaired) electrons. The maximum absolute atomic E-state index is 4.35. The van der Waals surface area contributed by atoms with Crippen LogP contribution >= 0.6 is 0 Å². The third-order valence-corrected chi connectivity index (χ3v) is 62.9. The Morgan fingerprint density at radius 3 is 1.73 bits per heavy atom. The van der Waals surface area contributed by atoms with E-state index in [0.717, 1.165) is 12.9 Å². The van der Waals surface area contributed by atoms with E-state index in [0.29, 0.717) is 0 Å². The summed E-state index contributed by atoms with van der Waals surface area (Å²) >= 11 is 0. The summed E-state index contributed by atoms with van der Waals surface area (Å²) in [4.78, 5) is 9.79. The summed E-state index contributed by atoms with van der Waals surface area (Å²) < 4.78 is 3.02. The van der Waals surface area contributed by atoms with E-state index in [1.807, 2.05) is 0 Å². The Balaban J connectivity index is 2.00. The molecule has 80 valence electrons. The molecule has 10 saturated heterocycles.